The average Bonchev–Trinajstić information content (AvgIpc) is 2.47. The normalized spacial score (nSPS) is 12.6. The van der Waals surface area contributed by atoms with E-state index in [2.05, 4.69) is 9.47 Å². The summed E-state index contributed by atoms with van der Waals surface area (Å²) in [6.45, 7) is 2.91. The molecule has 0 spiro atoms. The molecule has 0 aliphatic rings. The minimum Gasteiger partial charge on any atom is -0.409 e. The third-order valence-electron chi connectivity index (χ3n) is 2.88. The first kappa shape index (κ1) is 16.1. The molecule has 8 nitrogen and oxygen atoms in total. The lowest BCUT2D eigenvalue weighted by Crippen LogP contribution is -2.39. The van der Waals surface area contributed by atoms with Crippen LogP contribution < -0.4 is 0 Å². The van der Waals surface area contributed by atoms with Gasteiger partial charge in [0.2, 0.25) is 5.60 Å². The molecule has 1 atom stereocenters. The fraction of sp³-hybridized carbons (Fsp3) is 0.308. The Balaban J connectivity index is 2.83. The zero-order valence-corrected chi connectivity index (χ0v) is 11.4. The van der Waals surface area contributed by atoms with E-state index in [1.165, 1.54) is 25.3 Å². The second-order valence-electron chi connectivity index (χ2n) is 4.26. The van der Waals surface area contributed by atoms with Crippen LogP contribution in [0.4, 0.5) is 5.69 Å². The van der Waals surface area contributed by atoms with Crippen molar-refractivity contribution in [2.75, 3.05) is 0 Å². The Hall–Kier alpha value is -2.95. The Bertz CT molecular complexity index is 604. The SMILES string of the molecule is CC[C@@](C)(OC#N)C(=O)OC(=O)c1ccc([N+](=O)[O-])cc1. The summed E-state index contributed by atoms with van der Waals surface area (Å²) in [4.78, 5) is 33.4. The third-order valence-corrected chi connectivity index (χ3v) is 2.88. The second kappa shape index (κ2) is 6.47. The van der Waals surface area contributed by atoms with Gasteiger partial charge in [-0.05, 0) is 25.5 Å². The van der Waals surface area contributed by atoms with Crippen LogP contribution in [0.1, 0.15) is 30.6 Å². The van der Waals surface area contributed by atoms with E-state index in [0.29, 0.717) is 0 Å². The largest absolute Gasteiger partial charge is 0.409 e. The third kappa shape index (κ3) is 3.76. The molecule has 0 saturated heterocycles. The monoisotopic (exact) mass is 292 g/mol. The van der Waals surface area contributed by atoms with Crippen LogP contribution in [0.25, 0.3) is 0 Å². The first-order chi connectivity index (χ1) is 9.84. The van der Waals surface area contributed by atoms with E-state index in [9.17, 15) is 19.7 Å². The van der Waals surface area contributed by atoms with E-state index < -0.39 is 22.5 Å². The van der Waals surface area contributed by atoms with Crippen LogP contribution in [-0.2, 0) is 14.3 Å². The highest BCUT2D eigenvalue weighted by Gasteiger charge is 2.37. The van der Waals surface area contributed by atoms with Crippen LogP contribution in [-0.4, -0.2) is 22.5 Å². The molecular formula is C13H12N2O6. The number of non-ortho nitro benzene ring substituents is 1. The number of carbonyl (C=O) groups excluding carboxylic acids is 2. The molecule has 0 fully saturated rings. The van der Waals surface area contributed by atoms with Gasteiger partial charge in [0.15, 0.2) is 0 Å². The maximum absolute atomic E-state index is 11.8. The highest BCUT2D eigenvalue weighted by atomic mass is 16.6. The highest BCUT2D eigenvalue weighted by molar-refractivity contribution is 5.99. The number of rotatable bonds is 5. The fourth-order valence-electron chi connectivity index (χ4n) is 1.33. The minimum absolute atomic E-state index is 0.0237. The van der Waals surface area contributed by atoms with Crippen molar-refractivity contribution < 1.29 is 24.0 Å². The van der Waals surface area contributed by atoms with Crippen LogP contribution in [0.3, 0.4) is 0 Å². The molecule has 1 aromatic rings. The number of carbonyl (C=O) groups is 2. The van der Waals surface area contributed by atoms with Crippen LogP contribution >= 0.6 is 0 Å². The zero-order valence-electron chi connectivity index (χ0n) is 11.4. The summed E-state index contributed by atoms with van der Waals surface area (Å²) >= 11 is 0. The molecule has 0 saturated carbocycles. The van der Waals surface area contributed by atoms with Gasteiger partial charge in [0.25, 0.3) is 11.9 Å². The molecule has 0 heterocycles. The molecule has 1 rings (SSSR count). The van der Waals surface area contributed by atoms with Gasteiger partial charge in [-0.15, -0.1) is 0 Å². The number of hydrogen-bond acceptors (Lipinski definition) is 7. The minimum atomic E-state index is -1.55. The number of benzene rings is 1. The summed E-state index contributed by atoms with van der Waals surface area (Å²) in [7, 11) is 0. The van der Waals surface area contributed by atoms with E-state index >= 15 is 0 Å². The maximum atomic E-state index is 11.8. The van der Waals surface area contributed by atoms with Gasteiger partial charge in [-0.2, -0.15) is 5.26 Å². The number of hydrogen-bond donors (Lipinski definition) is 0. The second-order valence-corrected chi connectivity index (χ2v) is 4.26. The van der Waals surface area contributed by atoms with Crippen molar-refractivity contribution in [2.45, 2.75) is 25.9 Å². The van der Waals surface area contributed by atoms with Crippen LogP contribution in [0.2, 0.25) is 0 Å². The Morgan fingerprint density at radius 1 is 1.38 bits per heavy atom. The molecule has 1 aromatic carbocycles. The first-order valence-corrected chi connectivity index (χ1v) is 5.92. The standard InChI is InChI=1S/C13H12N2O6/c1-3-13(2,20-8-14)12(17)21-11(16)9-4-6-10(7-5-9)15(18)19/h4-7H,3H2,1-2H3/t13-/m1/s1. The van der Waals surface area contributed by atoms with Crippen molar-refractivity contribution in [1.29, 1.82) is 5.26 Å². The number of nitro benzene ring substituents is 1. The molecule has 0 N–H and O–H groups in total. The molecule has 0 aromatic heterocycles. The summed E-state index contributed by atoms with van der Waals surface area (Å²) < 4.78 is 9.24. The Morgan fingerprint density at radius 2 is 1.95 bits per heavy atom. The van der Waals surface area contributed by atoms with Gasteiger partial charge in [-0.25, -0.2) is 9.59 Å². The summed E-state index contributed by atoms with van der Waals surface area (Å²) in [6, 6.07) is 4.57. The van der Waals surface area contributed by atoms with Crippen molar-refractivity contribution >= 4 is 17.6 Å². The van der Waals surface area contributed by atoms with Crippen LogP contribution in [0, 0.1) is 21.6 Å². The molecule has 21 heavy (non-hydrogen) atoms. The zero-order chi connectivity index (χ0) is 16.0. The number of nitriles is 1. The molecule has 0 aliphatic heterocycles. The predicted molar refractivity (Wildman–Crippen MR) is 68.9 cm³/mol. The quantitative estimate of drug-likeness (QED) is 0.267. The van der Waals surface area contributed by atoms with Gasteiger partial charge < -0.3 is 9.47 Å². The van der Waals surface area contributed by atoms with Gasteiger partial charge in [-0.3, -0.25) is 10.1 Å². The molecule has 0 amide bonds. The smallest absolute Gasteiger partial charge is 0.359 e. The van der Waals surface area contributed by atoms with Crippen molar-refractivity contribution in [2.24, 2.45) is 0 Å². The fourth-order valence-corrected chi connectivity index (χ4v) is 1.33. The molecule has 0 unspecified atom stereocenters. The maximum Gasteiger partial charge on any atom is 0.359 e. The molecule has 0 radical (unpaired) electrons. The average molecular weight is 292 g/mol. The van der Waals surface area contributed by atoms with E-state index in [-0.39, 0.29) is 17.7 Å². The predicted octanol–water partition coefficient (Wildman–Crippen LogP) is 1.94. The van der Waals surface area contributed by atoms with E-state index in [1.807, 2.05) is 0 Å². The molecule has 8 heteroatoms. The van der Waals surface area contributed by atoms with Crippen LogP contribution in [0.5, 0.6) is 0 Å². The van der Waals surface area contributed by atoms with Crippen molar-refractivity contribution in [3.05, 3.63) is 39.9 Å². The molecule has 0 bridgehead atoms. The number of nitro groups is 1. The Kier molecular flexibility index (Phi) is 4.96. The number of ether oxygens (including phenoxy) is 2. The summed E-state index contributed by atoms with van der Waals surface area (Å²) in [5.41, 5.74) is -1.76. The lowest BCUT2D eigenvalue weighted by atomic mass is 10.0. The summed E-state index contributed by atoms with van der Waals surface area (Å²) in [5, 5.41) is 19.0. The van der Waals surface area contributed by atoms with E-state index in [1.54, 1.807) is 6.92 Å². The van der Waals surface area contributed by atoms with Crippen LogP contribution in [0.15, 0.2) is 24.3 Å². The van der Waals surface area contributed by atoms with E-state index in [0.717, 1.165) is 12.1 Å². The van der Waals surface area contributed by atoms with Gasteiger partial charge in [-0.1, -0.05) is 6.92 Å². The molecular weight excluding hydrogens is 280 g/mol. The first-order valence-electron chi connectivity index (χ1n) is 5.92. The van der Waals surface area contributed by atoms with Gasteiger partial charge in [0.05, 0.1) is 10.5 Å². The lowest BCUT2D eigenvalue weighted by Gasteiger charge is -2.21. The van der Waals surface area contributed by atoms with Gasteiger partial charge in [0, 0.05) is 12.1 Å². The van der Waals surface area contributed by atoms with Gasteiger partial charge in [0.1, 0.15) is 0 Å². The Morgan fingerprint density at radius 3 is 2.38 bits per heavy atom. The summed E-state index contributed by atoms with van der Waals surface area (Å²) in [6.07, 6.45) is 1.52. The molecule has 110 valence electrons. The number of esters is 2. The van der Waals surface area contributed by atoms with Crippen molar-refractivity contribution in [3.8, 4) is 6.26 Å². The van der Waals surface area contributed by atoms with Crippen molar-refractivity contribution in [3.63, 3.8) is 0 Å². The summed E-state index contributed by atoms with van der Waals surface area (Å²) in [5.74, 6) is -1.98. The Labute approximate surface area is 120 Å². The van der Waals surface area contributed by atoms with Gasteiger partial charge >= 0.3 is 11.9 Å². The number of nitrogens with zero attached hydrogens (tertiary/aromatic N) is 2. The molecule has 0 aliphatic carbocycles. The topological polar surface area (TPSA) is 120 Å². The van der Waals surface area contributed by atoms with Crippen molar-refractivity contribution in [1.82, 2.24) is 0 Å². The lowest BCUT2D eigenvalue weighted by molar-refractivity contribution is -0.384. The van der Waals surface area contributed by atoms with E-state index in [4.69, 9.17) is 5.26 Å². The highest BCUT2D eigenvalue weighted by Crippen LogP contribution is 2.18.